The normalized spacial score (nSPS) is 14.0. The molecule has 26 heavy (non-hydrogen) atoms. The number of carbonyl (C=O) groups excluding carboxylic acids is 2. The van der Waals surface area contributed by atoms with E-state index < -0.39 is 0 Å². The number of amides is 2. The summed E-state index contributed by atoms with van der Waals surface area (Å²) in [5.74, 6) is 0.305. The van der Waals surface area contributed by atoms with E-state index >= 15 is 0 Å². The molecule has 1 aliphatic heterocycles. The fourth-order valence-electron chi connectivity index (χ4n) is 2.80. The first kappa shape index (κ1) is 15.9. The van der Waals surface area contributed by atoms with Crippen molar-refractivity contribution in [1.29, 1.82) is 0 Å². The van der Waals surface area contributed by atoms with Gasteiger partial charge in [0, 0.05) is 31.3 Å². The number of nitrogens with zero attached hydrogens (tertiary/aromatic N) is 6. The van der Waals surface area contributed by atoms with Gasteiger partial charge in [-0.1, -0.05) is 12.1 Å². The van der Waals surface area contributed by atoms with Crippen LogP contribution in [0.25, 0.3) is 5.82 Å². The monoisotopic (exact) mass is 352 g/mol. The van der Waals surface area contributed by atoms with Crippen LogP contribution < -0.4 is 10.2 Å². The number of anilines is 1. The van der Waals surface area contributed by atoms with Crippen LogP contribution >= 0.6 is 0 Å². The Hall–Kier alpha value is -3.56. The quantitative estimate of drug-likeness (QED) is 0.687. The largest absolute Gasteiger partial charge is 0.347 e. The lowest BCUT2D eigenvalue weighted by Gasteiger charge is -2.16. The summed E-state index contributed by atoms with van der Waals surface area (Å²) in [5, 5.41) is 20.2. The number of rotatable bonds is 5. The number of nitrogens with one attached hydrogen (secondary N) is 2. The molecule has 0 saturated carbocycles. The molecule has 1 saturated heterocycles. The third kappa shape index (κ3) is 3.16. The second kappa shape index (κ2) is 6.75. The second-order valence-corrected chi connectivity index (χ2v) is 5.89. The van der Waals surface area contributed by atoms with Crippen LogP contribution in [0.4, 0.5) is 5.69 Å². The third-order valence-corrected chi connectivity index (χ3v) is 4.17. The highest BCUT2D eigenvalue weighted by Crippen LogP contribution is 2.21. The van der Waals surface area contributed by atoms with Crippen LogP contribution in [-0.2, 0) is 11.3 Å². The zero-order chi connectivity index (χ0) is 17.9. The first-order chi connectivity index (χ1) is 12.7. The zero-order valence-corrected chi connectivity index (χ0v) is 13.8. The molecule has 0 bridgehead atoms. The Morgan fingerprint density at radius 2 is 2.12 bits per heavy atom. The molecule has 10 heteroatoms. The maximum absolute atomic E-state index is 12.2. The second-order valence-electron chi connectivity index (χ2n) is 5.89. The van der Waals surface area contributed by atoms with Crippen molar-refractivity contribution in [2.24, 2.45) is 0 Å². The van der Waals surface area contributed by atoms with E-state index in [4.69, 9.17) is 0 Å². The Balaban J connectivity index is 1.36. The van der Waals surface area contributed by atoms with Gasteiger partial charge in [-0.15, -0.1) is 5.10 Å². The van der Waals surface area contributed by atoms with Crippen LogP contribution in [0.1, 0.15) is 28.9 Å². The van der Waals surface area contributed by atoms with Gasteiger partial charge in [0.05, 0.1) is 0 Å². The molecule has 132 valence electrons. The summed E-state index contributed by atoms with van der Waals surface area (Å²) in [7, 11) is 0. The lowest BCUT2D eigenvalue weighted by molar-refractivity contribution is -0.117. The summed E-state index contributed by atoms with van der Waals surface area (Å²) in [4.78, 5) is 25.8. The van der Waals surface area contributed by atoms with Gasteiger partial charge >= 0.3 is 0 Å². The van der Waals surface area contributed by atoms with E-state index in [0.29, 0.717) is 24.5 Å². The summed E-state index contributed by atoms with van der Waals surface area (Å²) in [6.45, 7) is 1.13. The van der Waals surface area contributed by atoms with Crippen molar-refractivity contribution in [2.75, 3.05) is 11.4 Å². The Morgan fingerprint density at radius 3 is 2.81 bits per heavy atom. The minimum atomic E-state index is -0.282. The number of hydrogen-bond acceptors (Lipinski definition) is 6. The van der Waals surface area contributed by atoms with E-state index in [2.05, 4.69) is 31.0 Å². The minimum Gasteiger partial charge on any atom is -0.347 e. The molecule has 2 N–H and O–H groups in total. The van der Waals surface area contributed by atoms with Crippen molar-refractivity contribution in [1.82, 2.24) is 35.7 Å². The summed E-state index contributed by atoms with van der Waals surface area (Å²) >= 11 is 0. The smallest absolute Gasteiger partial charge is 0.269 e. The summed E-state index contributed by atoms with van der Waals surface area (Å²) < 4.78 is 1.35. The van der Waals surface area contributed by atoms with Crippen LogP contribution in [0, 0.1) is 0 Å². The first-order valence-corrected chi connectivity index (χ1v) is 8.17. The maximum Gasteiger partial charge on any atom is 0.269 e. The molecule has 4 rings (SSSR count). The molecule has 0 spiro atoms. The lowest BCUT2D eigenvalue weighted by Crippen LogP contribution is -2.24. The van der Waals surface area contributed by atoms with Crippen LogP contribution in [0.3, 0.4) is 0 Å². The number of H-pyrrole nitrogens is 1. The topological polar surface area (TPSA) is 122 Å². The molecule has 10 nitrogen and oxygen atoms in total. The Bertz CT molecular complexity index is 916. The Kier molecular flexibility index (Phi) is 4.14. The molecule has 3 aromatic rings. The molecule has 1 fully saturated rings. The average Bonchev–Trinajstić information content (AvgIpc) is 3.40. The predicted molar refractivity (Wildman–Crippen MR) is 90.5 cm³/mol. The van der Waals surface area contributed by atoms with Crippen molar-refractivity contribution in [3.05, 3.63) is 47.9 Å². The minimum absolute atomic E-state index is 0.156. The van der Waals surface area contributed by atoms with Crippen LogP contribution in [0.15, 0.2) is 36.7 Å². The summed E-state index contributed by atoms with van der Waals surface area (Å²) in [6.07, 6.45) is 2.90. The van der Waals surface area contributed by atoms with E-state index in [-0.39, 0.29) is 11.8 Å². The highest BCUT2D eigenvalue weighted by molar-refractivity contribution is 5.95. The van der Waals surface area contributed by atoms with Crippen LogP contribution in [0.2, 0.25) is 0 Å². The standard InChI is InChI=1S/C16H16N8O2/c25-15-2-1-7-23(15)12-5-3-11(4-6-12)9-17-16(26)13-8-14(20-19-13)24-10-18-21-22-24/h3-6,8,10H,1-2,7,9H2,(H,17,26)(H,19,20). The van der Waals surface area contributed by atoms with Gasteiger partial charge in [0.2, 0.25) is 5.91 Å². The molecule has 1 aliphatic rings. The number of benzene rings is 1. The van der Waals surface area contributed by atoms with Gasteiger partial charge < -0.3 is 10.2 Å². The fraction of sp³-hybridized carbons (Fsp3) is 0.250. The molecule has 0 aliphatic carbocycles. The van der Waals surface area contributed by atoms with Gasteiger partial charge in [-0.2, -0.15) is 9.78 Å². The first-order valence-electron chi connectivity index (χ1n) is 8.17. The van der Waals surface area contributed by atoms with Gasteiger partial charge in [-0.25, -0.2) is 0 Å². The van der Waals surface area contributed by atoms with Crippen molar-refractivity contribution < 1.29 is 9.59 Å². The van der Waals surface area contributed by atoms with Gasteiger partial charge in [0.1, 0.15) is 12.0 Å². The molecular formula is C16H16N8O2. The number of aromatic nitrogens is 6. The third-order valence-electron chi connectivity index (χ3n) is 4.17. The average molecular weight is 352 g/mol. The number of hydrogen-bond donors (Lipinski definition) is 2. The molecule has 1 aromatic carbocycles. The molecule has 2 amide bonds. The predicted octanol–water partition coefficient (Wildman–Crippen LogP) is 0.442. The van der Waals surface area contributed by atoms with E-state index in [1.54, 1.807) is 11.0 Å². The molecular weight excluding hydrogens is 336 g/mol. The van der Waals surface area contributed by atoms with Crippen molar-refractivity contribution >= 4 is 17.5 Å². The van der Waals surface area contributed by atoms with Gasteiger partial charge in [0.25, 0.3) is 5.91 Å². The van der Waals surface area contributed by atoms with Crippen LogP contribution in [-0.4, -0.2) is 48.8 Å². The molecule has 0 atom stereocenters. The molecule has 3 heterocycles. The Labute approximate surface area is 148 Å². The number of tetrazole rings is 1. The van der Waals surface area contributed by atoms with E-state index in [1.807, 2.05) is 24.3 Å². The zero-order valence-electron chi connectivity index (χ0n) is 13.8. The summed E-state index contributed by atoms with van der Waals surface area (Å²) in [5.41, 5.74) is 2.14. The molecule has 0 radical (unpaired) electrons. The van der Waals surface area contributed by atoms with Crippen molar-refractivity contribution in [3.8, 4) is 5.82 Å². The number of carbonyl (C=O) groups is 2. The highest BCUT2D eigenvalue weighted by atomic mass is 16.2. The van der Waals surface area contributed by atoms with E-state index in [1.165, 1.54) is 11.0 Å². The van der Waals surface area contributed by atoms with Crippen molar-refractivity contribution in [2.45, 2.75) is 19.4 Å². The number of aromatic amines is 1. The highest BCUT2D eigenvalue weighted by Gasteiger charge is 2.21. The SMILES string of the molecule is O=C(NCc1ccc(N2CCCC2=O)cc1)c1cc(-n2cnnn2)n[nH]1. The molecule has 2 aromatic heterocycles. The van der Waals surface area contributed by atoms with Gasteiger partial charge in [-0.3, -0.25) is 14.7 Å². The maximum atomic E-state index is 12.2. The van der Waals surface area contributed by atoms with E-state index in [9.17, 15) is 9.59 Å². The Morgan fingerprint density at radius 1 is 1.27 bits per heavy atom. The summed E-state index contributed by atoms with van der Waals surface area (Å²) in [6, 6.07) is 9.17. The van der Waals surface area contributed by atoms with E-state index in [0.717, 1.165) is 24.2 Å². The van der Waals surface area contributed by atoms with Crippen LogP contribution in [0.5, 0.6) is 0 Å². The lowest BCUT2D eigenvalue weighted by atomic mass is 10.2. The fourth-order valence-corrected chi connectivity index (χ4v) is 2.80. The van der Waals surface area contributed by atoms with Gasteiger partial charge in [0.15, 0.2) is 5.82 Å². The molecule has 0 unspecified atom stereocenters. The van der Waals surface area contributed by atoms with Crippen molar-refractivity contribution in [3.63, 3.8) is 0 Å². The van der Waals surface area contributed by atoms with Gasteiger partial charge in [-0.05, 0) is 34.5 Å².